The van der Waals surface area contributed by atoms with Gasteiger partial charge >= 0.3 is 0 Å². The average Bonchev–Trinajstić information content (AvgIpc) is 2.45. The zero-order valence-electron chi connectivity index (χ0n) is 6.86. The summed E-state index contributed by atoms with van der Waals surface area (Å²) in [5.74, 6) is 0. The fraction of sp³-hybridized carbons (Fsp3) is 0. The van der Waals surface area contributed by atoms with Crippen LogP contribution in [0.4, 0.5) is 0 Å². The third kappa shape index (κ3) is 1.47. The Kier molecular flexibility index (Phi) is 1.99. The number of primary sulfonamides is 1. The highest BCUT2D eigenvalue weighted by Gasteiger charge is 2.14. The lowest BCUT2D eigenvalue weighted by Crippen LogP contribution is -2.11. The summed E-state index contributed by atoms with van der Waals surface area (Å²) in [4.78, 5) is 6.57. The number of aromatic amines is 1. The zero-order valence-corrected chi connectivity index (χ0v) is 8.43. The Balaban J connectivity index is 2.87. The highest BCUT2D eigenvalue weighted by Crippen LogP contribution is 2.22. The van der Waals surface area contributed by atoms with Crippen molar-refractivity contribution in [1.29, 1.82) is 0 Å². The molecule has 2 rings (SSSR count). The van der Waals surface area contributed by atoms with E-state index in [-0.39, 0.29) is 10.0 Å². The molecule has 0 aliphatic heterocycles. The van der Waals surface area contributed by atoms with E-state index >= 15 is 0 Å². The number of nitrogens with two attached hydrogens (primary N) is 1. The van der Waals surface area contributed by atoms with Gasteiger partial charge in [0.05, 0.1) is 11.7 Å². The van der Waals surface area contributed by atoms with Crippen molar-refractivity contribution in [3.05, 3.63) is 23.6 Å². The number of sulfonamides is 1. The molecule has 0 saturated carbocycles. The first-order chi connectivity index (χ1) is 6.48. The number of hydrogen-bond donors (Lipinski definition) is 2. The van der Waals surface area contributed by atoms with Gasteiger partial charge in [-0.25, -0.2) is 18.5 Å². The van der Waals surface area contributed by atoms with E-state index in [2.05, 4.69) is 9.97 Å². The first-order valence-electron chi connectivity index (χ1n) is 3.64. The Hall–Kier alpha value is -1.11. The summed E-state index contributed by atoms with van der Waals surface area (Å²) >= 11 is 5.64. The molecule has 0 aliphatic rings. The second kappa shape index (κ2) is 2.94. The summed E-state index contributed by atoms with van der Waals surface area (Å²) in [6, 6.07) is 1.45. The molecule has 3 N–H and O–H groups in total. The minimum absolute atomic E-state index is 0.0248. The van der Waals surface area contributed by atoms with Gasteiger partial charge in [-0.2, -0.15) is 0 Å². The molecule has 0 saturated heterocycles. The molecule has 0 amide bonds. The van der Waals surface area contributed by atoms with E-state index in [1.807, 2.05) is 0 Å². The van der Waals surface area contributed by atoms with Gasteiger partial charge in [0.1, 0.15) is 10.0 Å². The van der Waals surface area contributed by atoms with Crippen LogP contribution >= 0.6 is 11.6 Å². The molecular weight excluding hydrogens is 226 g/mol. The van der Waals surface area contributed by atoms with E-state index in [1.165, 1.54) is 18.5 Å². The molecule has 14 heavy (non-hydrogen) atoms. The summed E-state index contributed by atoms with van der Waals surface area (Å²) < 4.78 is 22.2. The molecule has 2 aromatic rings. The van der Waals surface area contributed by atoms with E-state index < -0.39 is 10.0 Å². The maximum Gasteiger partial charge on any atom is 0.240 e. The molecule has 0 aromatic carbocycles. The van der Waals surface area contributed by atoms with Crippen LogP contribution in [0.2, 0.25) is 5.15 Å². The first kappa shape index (κ1) is 9.45. The summed E-state index contributed by atoms with van der Waals surface area (Å²) in [7, 11) is -3.72. The number of aromatic nitrogens is 2. The number of rotatable bonds is 1. The Labute approximate surface area is 84.9 Å². The van der Waals surface area contributed by atoms with Gasteiger partial charge < -0.3 is 4.98 Å². The topological polar surface area (TPSA) is 88.8 Å². The quantitative estimate of drug-likeness (QED) is 0.714. The number of hydrogen-bond acceptors (Lipinski definition) is 3. The molecule has 0 atom stereocenters. The zero-order chi connectivity index (χ0) is 10.3. The maximum atomic E-state index is 11.1. The highest BCUT2D eigenvalue weighted by atomic mass is 35.5. The van der Waals surface area contributed by atoms with Gasteiger partial charge in [0.25, 0.3) is 0 Å². The van der Waals surface area contributed by atoms with Crippen molar-refractivity contribution < 1.29 is 8.42 Å². The Bertz CT molecular complexity index is 590. The maximum absolute atomic E-state index is 11.1. The largest absolute Gasteiger partial charge is 0.359 e. The smallest absolute Gasteiger partial charge is 0.240 e. The van der Waals surface area contributed by atoms with Crippen LogP contribution in [0, 0.1) is 0 Å². The van der Waals surface area contributed by atoms with E-state index in [9.17, 15) is 8.42 Å². The molecular formula is C7H6ClN3O2S. The average molecular weight is 232 g/mol. The van der Waals surface area contributed by atoms with E-state index in [1.54, 1.807) is 0 Å². The van der Waals surface area contributed by atoms with Crippen molar-refractivity contribution in [2.24, 2.45) is 5.14 Å². The normalized spacial score (nSPS) is 12.1. The van der Waals surface area contributed by atoms with Crippen molar-refractivity contribution >= 4 is 32.5 Å². The second-order valence-electron chi connectivity index (χ2n) is 2.75. The predicted octanol–water partition coefficient (Wildman–Crippen LogP) is 0.864. The lowest BCUT2D eigenvalue weighted by Gasteiger charge is -1.94. The fourth-order valence-corrected chi connectivity index (χ4v) is 2.06. The van der Waals surface area contributed by atoms with Gasteiger partial charge in [-0.15, -0.1) is 0 Å². The number of halogens is 1. The van der Waals surface area contributed by atoms with Crippen molar-refractivity contribution in [1.82, 2.24) is 9.97 Å². The van der Waals surface area contributed by atoms with Crippen LogP contribution in [0.15, 0.2) is 23.4 Å². The molecule has 0 fully saturated rings. The van der Waals surface area contributed by atoms with Gasteiger partial charge in [-0.05, 0) is 6.07 Å². The van der Waals surface area contributed by atoms with Crippen LogP contribution in [-0.4, -0.2) is 18.4 Å². The monoisotopic (exact) mass is 231 g/mol. The van der Waals surface area contributed by atoms with Crippen LogP contribution in [0.25, 0.3) is 10.9 Å². The first-order valence-corrected chi connectivity index (χ1v) is 5.56. The van der Waals surface area contributed by atoms with E-state index in [0.717, 1.165) is 0 Å². The minimum atomic E-state index is -3.72. The number of nitrogens with zero attached hydrogens (tertiary/aromatic N) is 1. The third-order valence-corrected chi connectivity index (χ3v) is 2.96. The highest BCUT2D eigenvalue weighted by molar-refractivity contribution is 7.89. The summed E-state index contributed by atoms with van der Waals surface area (Å²) in [6.45, 7) is 0. The second-order valence-corrected chi connectivity index (χ2v) is 4.67. The third-order valence-electron chi connectivity index (χ3n) is 1.80. The van der Waals surface area contributed by atoms with Crippen molar-refractivity contribution in [3.8, 4) is 0 Å². The Morgan fingerprint density at radius 2 is 2.21 bits per heavy atom. The lowest BCUT2D eigenvalue weighted by molar-refractivity contribution is 0.598. The summed E-state index contributed by atoms with van der Waals surface area (Å²) in [5, 5.41) is 5.68. The molecule has 0 bridgehead atoms. The van der Waals surface area contributed by atoms with Crippen LogP contribution in [0.5, 0.6) is 0 Å². The van der Waals surface area contributed by atoms with E-state index in [4.69, 9.17) is 16.7 Å². The number of H-pyrrole nitrogens is 1. The number of nitrogens with one attached hydrogen (secondary N) is 1. The standard InChI is InChI=1S/C7H6ClN3O2S/c8-7-1-4-5(2-11-7)10-3-6(4)14(9,12)13/h1-3,10H,(H2,9,12,13). The predicted molar refractivity (Wildman–Crippen MR) is 52.5 cm³/mol. The van der Waals surface area contributed by atoms with Crippen LogP contribution in [0.1, 0.15) is 0 Å². The molecule has 0 unspecified atom stereocenters. The van der Waals surface area contributed by atoms with Gasteiger partial charge in [-0.1, -0.05) is 11.6 Å². The summed E-state index contributed by atoms with van der Waals surface area (Å²) in [6.07, 6.45) is 2.77. The van der Waals surface area contributed by atoms with Gasteiger partial charge in [0.15, 0.2) is 0 Å². The Morgan fingerprint density at radius 3 is 2.86 bits per heavy atom. The van der Waals surface area contributed by atoms with Gasteiger partial charge in [-0.3, -0.25) is 0 Å². The minimum Gasteiger partial charge on any atom is -0.359 e. The van der Waals surface area contributed by atoms with Crippen molar-refractivity contribution in [2.45, 2.75) is 4.90 Å². The Morgan fingerprint density at radius 1 is 1.50 bits per heavy atom. The molecule has 0 aliphatic carbocycles. The van der Waals surface area contributed by atoms with Crippen molar-refractivity contribution in [3.63, 3.8) is 0 Å². The van der Waals surface area contributed by atoms with Gasteiger partial charge in [0, 0.05) is 11.6 Å². The van der Waals surface area contributed by atoms with Crippen molar-refractivity contribution in [2.75, 3.05) is 0 Å². The molecule has 7 heteroatoms. The lowest BCUT2D eigenvalue weighted by atomic mass is 10.3. The number of fused-ring (bicyclic) bond motifs is 1. The van der Waals surface area contributed by atoms with Crippen LogP contribution in [-0.2, 0) is 10.0 Å². The molecule has 0 spiro atoms. The van der Waals surface area contributed by atoms with Crippen LogP contribution < -0.4 is 5.14 Å². The molecule has 2 aromatic heterocycles. The molecule has 5 nitrogen and oxygen atoms in total. The molecule has 2 heterocycles. The van der Waals surface area contributed by atoms with Gasteiger partial charge in [0.2, 0.25) is 10.0 Å². The SMILES string of the molecule is NS(=O)(=O)c1c[nH]c2cnc(Cl)cc12. The van der Waals surface area contributed by atoms with E-state index in [0.29, 0.717) is 10.9 Å². The van der Waals surface area contributed by atoms with Crippen LogP contribution in [0.3, 0.4) is 0 Å². The molecule has 0 radical (unpaired) electrons. The molecule has 74 valence electrons. The fourth-order valence-electron chi connectivity index (χ4n) is 1.21. The number of pyridine rings is 1. The summed E-state index contributed by atoms with van der Waals surface area (Å²) in [5.41, 5.74) is 0.582.